The van der Waals surface area contributed by atoms with Gasteiger partial charge in [-0.05, 0) is 31.5 Å². The van der Waals surface area contributed by atoms with Gasteiger partial charge in [0.25, 0.3) is 5.91 Å². The number of aromatic nitrogens is 1. The number of hydrogen-bond acceptors (Lipinski definition) is 4. The molecule has 0 bridgehead atoms. The number of nitrogens with one attached hydrogen (secondary N) is 1. The summed E-state index contributed by atoms with van der Waals surface area (Å²) in [5.74, 6) is 0.724. The van der Waals surface area contributed by atoms with Crippen LogP contribution in [-0.2, 0) is 6.54 Å². The van der Waals surface area contributed by atoms with E-state index in [4.69, 9.17) is 4.74 Å². The predicted octanol–water partition coefficient (Wildman–Crippen LogP) is 4.53. The van der Waals surface area contributed by atoms with Gasteiger partial charge in [0.1, 0.15) is 15.6 Å². The van der Waals surface area contributed by atoms with Crippen LogP contribution in [0.15, 0.2) is 60.8 Å². The summed E-state index contributed by atoms with van der Waals surface area (Å²) < 4.78 is 5.61. The van der Waals surface area contributed by atoms with Crippen LogP contribution in [0.3, 0.4) is 0 Å². The lowest BCUT2D eigenvalue weighted by Gasteiger charge is -2.10. The fourth-order valence-corrected chi connectivity index (χ4v) is 3.16. The Morgan fingerprint density at radius 1 is 1.12 bits per heavy atom. The van der Waals surface area contributed by atoms with E-state index in [2.05, 4.69) is 10.3 Å². The van der Waals surface area contributed by atoms with Gasteiger partial charge in [-0.1, -0.05) is 42.5 Å². The first-order valence-corrected chi connectivity index (χ1v) is 8.98. The number of rotatable bonds is 6. The topological polar surface area (TPSA) is 51.2 Å². The molecular weight excluding hydrogens is 332 g/mol. The molecule has 0 atom stereocenters. The highest BCUT2D eigenvalue weighted by Crippen LogP contribution is 2.24. The van der Waals surface area contributed by atoms with Crippen LogP contribution in [0, 0.1) is 0 Å². The van der Waals surface area contributed by atoms with Crippen LogP contribution in [0.4, 0.5) is 0 Å². The maximum Gasteiger partial charge on any atom is 0.263 e. The minimum Gasteiger partial charge on any atom is -0.491 e. The van der Waals surface area contributed by atoms with Crippen LogP contribution >= 0.6 is 11.3 Å². The molecule has 0 aliphatic heterocycles. The van der Waals surface area contributed by atoms with E-state index < -0.39 is 0 Å². The van der Waals surface area contributed by atoms with Crippen LogP contribution in [0.2, 0.25) is 0 Å². The Hall–Kier alpha value is -2.66. The maximum atomic E-state index is 12.3. The first kappa shape index (κ1) is 17.2. The van der Waals surface area contributed by atoms with Gasteiger partial charge in [-0.25, -0.2) is 4.98 Å². The van der Waals surface area contributed by atoms with Gasteiger partial charge in [0, 0.05) is 12.1 Å². The highest BCUT2D eigenvalue weighted by atomic mass is 32.1. The molecule has 0 saturated heterocycles. The molecule has 0 spiro atoms. The summed E-state index contributed by atoms with van der Waals surface area (Å²) in [7, 11) is 0. The average Bonchev–Trinajstić information content (AvgIpc) is 3.11. The monoisotopic (exact) mass is 352 g/mol. The van der Waals surface area contributed by atoms with Gasteiger partial charge >= 0.3 is 0 Å². The summed E-state index contributed by atoms with van der Waals surface area (Å²) >= 11 is 1.40. The van der Waals surface area contributed by atoms with Crippen molar-refractivity contribution in [2.75, 3.05) is 0 Å². The van der Waals surface area contributed by atoms with Gasteiger partial charge < -0.3 is 10.1 Å². The lowest BCUT2D eigenvalue weighted by Crippen LogP contribution is -2.21. The van der Waals surface area contributed by atoms with Crippen molar-refractivity contribution in [2.45, 2.75) is 26.5 Å². The van der Waals surface area contributed by atoms with Crippen molar-refractivity contribution in [1.29, 1.82) is 0 Å². The summed E-state index contributed by atoms with van der Waals surface area (Å²) in [6, 6.07) is 17.6. The third-order valence-corrected chi connectivity index (χ3v) is 4.54. The first-order valence-electron chi connectivity index (χ1n) is 8.17. The van der Waals surface area contributed by atoms with E-state index >= 15 is 0 Å². The van der Waals surface area contributed by atoms with Crippen molar-refractivity contribution in [2.24, 2.45) is 0 Å². The van der Waals surface area contributed by atoms with E-state index in [9.17, 15) is 4.79 Å². The van der Waals surface area contributed by atoms with Crippen LogP contribution < -0.4 is 10.1 Å². The standard InChI is InChI=1S/C20H20N2O2S/c1-14(2)24-17-10-8-15(9-11-17)12-21-19(23)18-13-22-20(25-18)16-6-4-3-5-7-16/h3-11,13-14H,12H2,1-2H3,(H,21,23). The second-order valence-electron chi connectivity index (χ2n) is 5.89. The third kappa shape index (κ3) is 4.67. The summed E-state index contributed by atoms with van der Waals surface area (Å²) in [6.07, 6.45) is 1.78. The zero-order chi connectivity index (χ0) is 17.6. The summed E-state index contributed by atoms with van der Waals surface area (Å²) in [5, 5.41) is 3.78. The molecule has 3 aromatic rings. The number of hydrogen-bond donors (Lipinski definition) is 1. The molecule has 0 aliphatic rings. The van der Waals surface area contributed by atoms with Gasteiger partial charge in [-0.3, -0.25) is 4.79 Å². The molecular formula is C20H20N2O2S. The summed E-state index contributed by atoms with van der Waals surface area (Å²) in [4.78, 5) is 17.3. The Kier molecular flexibility index (Phi) is 5.46. The zero-order valence-corrected chi connectivity index (χ0v) is 15.0. The Labute approximate surface area is 151 Å². The highest BCUT2D eigenvalue weighted by Gasteiger charge is 2.11. The number of thiazole rings is 1. The van der Waals surface area contributed by atoms with Crippen LogP contribution in [0.1, 0.15) is 29.1 Å². The number of benzene rings is 2. The Bertz CT molecular complexity index is 826. The van der Waals surface area contributed by atoms with Gasteiger partial charge in [-0.2, -0.15) is 0 Å². The summed E-state index contributed by atoms with van der Waals surface area (Å²) in [6.45, 7) is 4.46. The van der Waals surface area contributed by atoms with E-state index in [1.807, 2.05) is 68.4 Å². The normalized spacial score (nSPS) is 10.7. The number of carbonyl (C=O) groups excluding carboxylic acids is 1. The van der Waals surface area contributed by atoms with Crippen molar-refractivity contribution in [3.05, 3.63) is 71.2 Å². The van der Waals surface area contributed by atoms with Crippen molar-refractivity contribution < 1.29 is 9.53 Å². The molecule has 0 fully saturated rings. The molecule has 0 aliphatic carbocycles. The van der Waals surface area contributed by atoms with E-state index in [1.165, 1.54) is 11.3 Å². The van der Waals surface area contributed by atoms with Gasteiger partial charge in [-0.15, -0.1) is 11.3 Å². The highest BCUT2D eigenvalue weighted by molar-refractivity contribution is 7.16. The molecule has 0 saturated carbocycles. The van der Waals surface area contributed by atoms with E-state index in [1.54, 1.807) is 6.20 Å². The van der Waals surface area contributed by atoms with E-state index in [0.29, 0.717) is 11.4 Å². The predicted molar refractivity (Wildman–Crippen MR) is 101 cm³/mol. The number of amides is 1. The zero-order valence-electron chi connectivity index (χ0n) is 14.2. The maximum absolute atomic E-state index is 12.3. The molecule has 1 heterocycles. The molecule has 1 N–H and O–H groups in total. The van der Waals surface area contributed by atoms with Gasteiger partial charge in [0.2, 0.25) is 0 Å². The quantitative estimate of drug-likeness (QED) is 0.709. The Morgan fingerprint density at radius 3 is 2.52 bits per heavy atom. The lowest BCUT2D eigenvalue weighted by atomic mass is 10.2. The number of ether oxygens (including phenoxy) is 1. The molecule has 4 nitrogen and oxygen atoms in total. The van der Waals surface area contributed by atoms with Crippen LogP contribution in [0.25, 0.3) is 10.6 Å². The molecule has 2 aromatic carbocycles. The third-order valence-electron chi connectivity index (χ3n) is 3.50. The molecule has 1 aromatic heterocycles. The second kappa shape index (κ2) is 7.94. The molecule has 1 amide bonds. The van der Waals surface area contributed by atoms with Crippen molar-refractivity contribution in [1.82, 2.24) is 10.3 Å². The molecule has 128 valence electrons. The van der Waals surface area contributed by atoms with Crippen molar-refractivity contribution in [3.8, 4) is 16.3 Å². The first-order chi connectivity index (χ1) is 12.1. The minimum absolute atomic E-state index is 0.109. The number of carbonyl (C=O) groups is 1. The SMILES string of the molecule is CC(C)Oc1ccc(CNC(=O)c2cnc(-c3ccccc3)s2)cc1. The average molecular weight is 352 g/mol. The smallest absolute Gasteiger partial charge is 0.263 e. The summed E-state index contributed by atoms with van der Waals surface area (Å²) in [5.41, 5.74) is 2.05. The van der Waals surface area contributed by atoms with E-state index in [-0.39, 0.29) is 12.0 Å². The Balaban J connectivity index is 1.59. The lowest BCUT2D eigenvalue weighted by molar-refractivity contribution is 0.0955. The molecule has 5 heteroatoms. The second-order valence-corrected chi connectivity index (χ2v) is 6.92. The Morgan fingerprint density at radius 2 is 1.84 bits per heavy atom. The van der Waals surface area contributed by atoms with Gasteiger partial charge in [0.15, 0.2) is 0 Å². The molecule has 0 unspecified atom stereocenters. The fraction of sp³-hybridized carbons (Fsp3) is 0.200. The molecule has 25 heavy (non-hydrogen) atoms. The fourth-order valence-electron chi connectivity index (χ4n) is 2.32. The minimum atomic E-state index is -0.109. The van der Waals surface area contributed by atoms with E-state index in [0.717, 1.165) is 21.9 Å². The number of nitrogens with zero attached hydrogens (tertiary/aromatic N) is 1. The largest absolute Gasteiger partial charge is 0.491 e. The van der Waals surface area contributed by atoms with Crippen molar-refractivity contribution in [3.63, 3.8) is 0 Å². The van der Waals surface area contributed by atoms with Crippen molar-refractivity contribution >= 4 is 17.2 Å². The van der Waals surface area contributed by atoms with Gasteiger partial charge in [0.05, 0.1) is 12.3 Å². The molecule has 3 rings (SSSR count). The molecule has 0 radical (unpaired) electrons. The van der Waals surface area contributed by atoms with Crippen LogP contribution in [-0.4, -0.2) is 17.0 Å². The van der Waals surface area contributed by atoms with Crippen LogP contribution in [0.5, 0.6) is 5.75 Å².